The van der Waals surface area contributed by atoms with Gasteiger partial charge in [0.25, 0.3) is 0 Å². The average Bonchev–Trinajstić information content (AvgIpc) is 2.81. The van der Waals surface area contributed by atoms with E-state index in [0.29, 0.717) is 17.4 Å². The molecule has 92 valence electrons. The molecule has 1 unspecified atom stereocenters. The number of hydrogen-bond donors (Lipinski definition) is 1. The molecule has 0 amide bonds. The average molecular weight is 254 g/mol. The van der Waals surface area contributed by atoms with Gasteiger partial charge in [0.1, 0.15) is 6.61 Å². The number of rotatable bonds is 4. The van der Waals surface area contributed by atoms with Crippen LogP contribution in [0.25, 0.3) is 0 Å². The van der Waals surface area contributed by atoms with E-state index in [-0.39, 0.29) is 12.6 Å². The minimum atomic E-state index is -0.140. The molecule has 0 aliphatic carbocycles. The van der Waals surface area contributed by atoms with Crippen molar-refractivity contribution in [1.29, 1.82) is 0 Å². The highest BCUT2D eigenvalue weighted by atomic mass is 35.5. The Balaban J connectivity index is 1.77. The van der Waals surface area contributed by atoms with Crippen LogP contribution in [0.3, 0.4) is 0 Å². The Labute approximate surface area is 106 Å². The zero-order chi connectivity index (χ0) is 12.1. The number of ether oxygens (including phenoxy) is 1. The van der Waals surface area contributed by atoms with E-state index in [1.54, 1.807) is 6.07 Å². The Kier molecular flexibility index (Phi) is 4.40. The van der Waals surface area contributed by atoms with Gasteiger partial charge < -0.3 is 10.1 Å². The lowest BCUT2D eigenvalue weighted by atomic mass is 10.1. The van der Waals surface area contributed by atoms with Gasteiger partial charge in [-0.05, 0) is 31.5 Å². The van der Waals surface area contributed by atoms with E-state index in [1.807, 2.05) is 18.2 Å². The van der Waals surface area contributed by atoms with E-state index < -0.39 is 0 Å². The van der Waals surface area contributed by atoms with Crippen molar-refractivity contribution >= 4 is 17.6 Å². The predicted molar refractivity (Wildman–Crippen MR) is 66.8 cm³/mol. The Morgan fingerprint density at radius 3 is 3.00 bits per heavy atom. The van der Waals surface area contributed by atoms with Gasteiger partial charge in [0, 0.05) is 17.0 Å². The van der Waals surface area contributed by atoms with Gasteiger partial charge >= 0.3 is 5.97 Å². The van der Waals surface area contributed by atoms with E-state index in [4.69, 9.17) is 16.3 Å². The van der Waals surface area contributed by atoms with Crippen molar-refractivity contribution in [2.24, 2.45) is 5.92 Å². The summed E-state index contributed by atoms with van der Waals surface area (Å²) in [7, 11) is 0. The molecule has 2 rings (SSSR count). The van der Waals surface area contributed by atoms with E-state index in [9.17, 15) is 4.79 Å². The molecule has 1 N–H and O–H groups in total. The van der Waals surface area contributed by atoms with E-state index in [1.165, 1.54) is 0 Å². The molecule has 0 spiro atoms. The number of benzene rings is 1. The molecule has 3 nitrogen and oxygen atoms in total. The second-order valence-corrected chi connectivity index (χ2v) is 4.72. The summed E-state index contributed by atoms with van der Waals surface area (Å²) in [6, 6.07) is 7.41. The summed E-state index contributed by atoms with van der Waals surface area (Å²) in [6.07, 6.45) is 1.55. The fourth-order valence-corrected chi connectivity index (χ4v) is 2.15. The highest BCUT2D eigenvalue weighted by Gasteiger charge is 2.18. The summed E-state index contributed by atoms with van der Waals surface area (Å²) >= 11 is 5.98. The fraction of sp³-hybridized carbons (Fsp3) is 0.462. The van der Waals surface area contributed by atoms with Crippen molar-refractivity contribution in [3.63, 3.8) is 0 Å². The maximum Gasteiger partial charge on any atom is 0.306 e. The molecule has 1 atom stereocenters. The molecule has 1 aromatic carbocycles. The second-order valence-electron chi connectivity index (χ2n) is 4.32. The maximum atomic E-state index is 11.6. The van der Waals surface area contributed by atoms with Crippen LogP contribution in [-0.4, -0.2) is 19.1 Å². The topological polar surface area (TPSA) is 38.3 Å². The van der Waals surface area contributed by atoms with Crippen LogP contribution in [0, 0.1) is 5.92 Å². The first kappa shape index (κ1) is 12.4. The number of carbonyl (C=O) groups excluding carboxylic acids is 1. The number of esters is 1. The number of carbonyl (C=O) groups is 1. The third kappa shape index (κ3) is 3.72. The van der Waals surface area contributed by atoms with Crippen molar-refractivity contribution in [3.05, 3.63) is 34.9 Å². The molecule has 0 bridgehead atoms. The van der Waals surface area contributed by atoms with Crippen molar-refractivity contribution in [2.75, 3.05) is 13.1 Å². The predicted octanol–water partition coefficient (Wildman–Crippen LogP) is 2.38. The van der Waals surface area contributed by atoms with Gasteiger partial charge in [-0.15, -0.1) is 0 Å². The van der Waals surface area contributed by atoms with E-state index in [0.717, 1.165) is 25.1 Å². The molecule has 1 saturated heterocycles. The molecule has 0 saturated carbocycles. The summed E-state index contributed by atoms with van der Waals surface area (Å²) < 4.78 is 5.22. The lowest BCUT2D eigenvalue weighted by molar-refractivity contribution is -0.145. The molecule has 1 aromatic rings. The lowest BCUT2D eigenvalue weighted by Crippen LogP contribution is -2.14. The van der Waals surface area contributed by atoms with Gasteiger partial charge in [0.15, 0.2) is 0 Å². The molecule has 4 heteroatoms. The van der Waals surface area contributed by atoms with Crippen molar-refractivity contribution in [2.45, 2.75) is 19.4 Å². The van der Waals surface area contributed by atoms with Gasteiger partial charge in [-0.2, -0.15) is 0 Å². The minimum Gasteiger partial charge on any atom is -0.461 e. The highest BCUT2D eigenvalue weighted by Crippen LogP contribution is 2.17. The number of hydrogen-bond acceptors (Lipinski definition) is 3. The largest absolute Gasteiger partial charge is 0.461 e. The Hall–Kier alpha value is -1.06. The van der Waals surface area contributed by atoms with Gasteiger partial charge in [-0.3, -0.25) is 4.79 Å². The smallest absolute Gasteiger partial charge is 0.306 e. The first-order chi connectivity index (χ1) is 8.25. The highest BCUT2D eigenvalue weighted by molar-refractivity contribution is 6.31. The quantitative estimate of drug-likeness (QED) is 0.838. The van der Waals surface area contributed by atoms with Gasteiger partial charge in [-0.25, -0.2) is 0 Å². The van der Waals surface area contributed by atoms with Crippen molar-refractivity contribution in [3.8, 4) is 0 Å². The third-order valence-corrected chi connectivity index (χ3v) is 3.33. The van der Waals surface area contributed by atoms with Crippen LogP contribution in [0.1, 0.15) is 18.4 Å². The summed E-state index contributed by atoms with van der Waals surface area (Å²) in [5, 5.41) is 3.87. The van der Waals surface area contributed by atoms with Gasteiger partial charge in [0.2, 0.25) is 0 Å². The van der Waals surface area contributed by atoms with E-state index >= 15 is 0 Å². The molecule has 0 aromatic heterocycles. The molecule has 0 radical (unpaired) electrons. The summed E-state index contributed by atoms with van der Waals surface area (Å²) in [4.78, 5) is 11.6. The minimum absolute atomic E-state index is 0.140. The van der Waals surface area contributed by atoms with Crippen LogP contribution in [0.2, 0.25) is 5.02 Å². The molecule has 17 heavy (non-hydrogen) atoms. The van der Waals surface area contributed by atoms with Crippen LogP contribution in [0.5, 0.6) is 0 Å². The van der Waals surface area contributed by atoms with Crippen molar-refractivity contribution < 1.29 is 9.53 Å². The summed E-state index contributed by atoms with van der Waals surface area (Å²) in [5.74, 6) is 0.285. The summed E-state index contributed by atoms with van der Waals surface area (Å²) in [5.41, 5.74) is 0.854. The fourth-order valence-electron chi connectivity index (χ4n) is 1.96. The van der Waals surface area contributed by atoms with Crippen molar-refractivity contribution in [1.82, 2.24) is 5.32 Å². The molecule has 1 aliphatic heterocycles. The first-order valence-corrected chi connectivity index (χ1v) is 6.23. The zero-order valence-electron chi connectivity index (χ0n) is 9.62. The lowest BCUT2D eigenvalue weighted by Gasteiger charge is -2.09. The monoisotopic (exact) mass is 253 g/mol. The Bertz CT molecular complexity index is 389. The van der Waals surface area contributed by atoms with E-state index in [2.05, 4.69) is 5.32 Å². The van der Waals surface area contributed by atoms with Gasteiger partial charge in [-0.1, -0.05) is 29.8 Å². The normalized spacial score (nSPS) is 19.2. The standard InChI is InChI=1S/C13H16ClNO2/c14-12-4-2-1-3-11(12)9-17-13(16)7-10-5-6-15-8-10/h1-4,10,15H,5-9H2. The molecule has 1 aliphatic rings. The van der Waals surface area contributed by atoms with Crippen LogP contribution < -0.4 is 5.32 Å². The molecule has 1 heterocycles. The third-order valence-electron chi connectivity index (χ3n) is 2.96. The Morgan fingerprint density at radius 2 is 2.29 bits per heavy atom. The molecule has 1 fully saturated rings. The number of nitrogens with one attached hydrogen (secondary N) is 1. The maximum absolute atomic E-state index is 11.6. The second kappa shape index (κ2) is 6.03. The first-order valence-electron chi connectivity index (χ1n) is 5.85. The Morgan fingerprint density at radius 1 is 1.47 bits per heavy atom. The zero-order valence-corrected chi connectivity index (χ0v) is 10.4. The SMILES string of the molecule is O=C(CC1CCNC1)OCc1ccccc1Cl. The number of halogens is 1. The molecular weight excluding hydrogens is 238 g/mol. The molecular formula is C13H16ClNO2. The van der Waals surface area contributed by atoms with Gasteiger partial charge in [0.05, 0.1) is 0 Å². The summed E-state index contributed by atoms with van der Waals surface area (Å²) in [6.45, 7) is 2.18. The van der Waals surface area contributed by atoms with Crippen LogP contribution in [0.4, 0.5) is 0 Å². The van der Waals surface area contributed by atoms with Crippen LogP contribution >= 0.6 is 11.6 Å². The van der Waals surface area contributed by atoms with Crippen LogP contribution in [-0.2, 0) is 16.1 Å². The van der Waals surface area contributed by atoms with Crippen LogP contribution in [0.15, 0.2) is 24.3 Å².